The summed E-state index contributed by atoms with van der Waals surface area (Å²) < 4.78 is 11.5. The standard InChI is InChI=1S/C24H36N6O2/c1-29(13-3-17-31-21-9-5-19(6-10-21)23(25)26)15-16-30(2)14-4-18-32-22-11-7-20(8-12-22)24(27)28/h5-12H,3-4,13-18H2,1-2H3,(H3,25,26)(H3,27,28). The molecule has 0 aliphatic heterocycles. The molecule has 0 saturated carbocycles. The van der Waals surface area contributed by atoms with Crippen molar-refractivity contribution in [3.8, 4) is 11.5 Å². The van der Waals surface area contributed by atoms with Crippen LogP contribution in [0.5, 0.6) is 11.5 Å². The van der Waals surface area contributed by atoms with Gasteiger partial charge in [0.05, 0.1) is 13.2 Å². The Morgan fingerprint density at radius 1 is 0.656 bits per heavy atom. The highest BCUT2D eigenvalue weighted by Gasteiger charge is 2.04. The van der Waals surface area contributed by atoms with E-state index in [1.54, 1.807) is 24.3 Å². The predicted octanol–water partition coefficient (Wildman–Crippen LogP) is 2.36. The maximum absolute atomic E-state index is 7.40. The average Bonchev–Trinajstić information content (AvgIpc) is 2.78. The zero-order valence-corrected chi connectivity index (χ0v) is 19.1. The molecule has 0 spiro atoms. The minimum absolute atomic E-state index is 0.0658. The van der Waals surface area contributed by atoms with Gasteiger partial charge < -0.3 is 30.7 Å². The predicted molar refractivity (Wildman–Crippen MR) is 130 cm³/mol. The highest BCUT2D eigenvalue weighted by molar-refractivity contribution is 5.95. The summed E-state index contributed by atoms with van der Waals surface area (Å²) in [7, 11) is 4.26. The van der Waals surface area contributed by atoms with Gasteiger partial charge in [0.15, 0.2) is 0 Å². The van der Waals surface area contributed by atoms with Crippen molar-refractivity contribution in [2.24, 2.45) is 11.5 Å². The fraction of sp³-hybridized carbons (Fsp3) is 0.417. The molecule has 0 amide bonds. The van der Waals surface area contributed by atoms with Crippen LogP contribution in [0.25, 0.3) is 0 Å². The number of benzene rings is 2. The van der Waals surface area contributed by atoms with Crippen LogP contribution < -0.4 is 20.9 Å². The van der Waals surface area contributed by atoms with E-state index in [-0.39, 0.29) is 11.7 Å². The molecule has 0 unspecified atom stereocenters. The van der Waals surface area contributed by atoms with E-state index in [0.717, 1.165) is 50.5 Å². The van der Waals surface area contributed by atoms with Crippen molar-refractivity contribution >= 4 is 11.7 Å². The Balaban J connectivity index is 1.51. The molecular formula is C24H36N6O2. The number of rotatable bonds is 15. The van der Waals surface area contributed by atoms with E-state index in [1.165, 1.54) is 0 Å². The average molecular weight is 441 g/mol. The van der Waals surface area contributed by atoms with Crippen LogP contribution in [-0.2, 0) is 0 Å². The minimum atomic E-state index is 0.0658. The third-order valence-corrected chi connectivity index (χ3v) is 5.10. The van der Waals surface area contributed by atoms with Gasteiger partial charge in [0.2, 0.25) is 0 Å². The number of nitrogens with one attached hydrogen (secondary N) is 2. The summed E-state index contributed by atoms with van der Waals surface area (Å²) in [4.78, 5) is 4.62. The van der Waals surface area contributed by atoms with Crippen molar-refractivity contribution in [2.45, 2.75) is 12.8 Å². The number of nitrogen functional groups attached to an aromatic ring is 2. The maximum atomic E-state index is 7.40. The third-order valence-electron chi connectivity index (χ3n) is 5.10. The zero-order chi connectivity index (χ0) is 23.3. The second-order valence-electron chi connectivity index (χ2n) is 7.89. The number of likely N-dealkylation sites (N-methyl/N-ethyl adjacent to an activating group) is 2. The fourth-order valence-electron chi connectivity index (χ4n) is 3.08. The van der Waals surface area contributed by atoms with E-state index in [4.69, 9.17) is 31.8 Å². The first-order valence-corrected chi connectivity index (χ1v) is 10.9. The third kappa shape index (κ3) is 9.36. The van der Waals surface area contributed by atoms with Gasteiger partial charge in [-0.1, -0.05) is 0 Å². The van der Waals surface area contributed by atoms with Crippen molar-refractivity contribution < 1.29 is 9.47 Å². The molecule has 0 radical (unpaired) electrons. The zero-order valence-electron chi connectivity index (χ0n) is 19.1. The first-order valence-electron chi connectivity index (χ1n) is 10.9. The lowest BCUT2D eigenvalue weighted by Crippen LogP contribution is -2.32. The van der Waals surface area contributed by atoms with Gasteiger partial charge in [0.1, 0.15) is 23.2 Å². The maximum Gasteiger partial charge on any atom is 0.122 e. The van der Waals surface area contributed by atoms with Crippen LogP contribution in [0.1, 0.15) is 24.0 Å². The lowest BCUT2D eigenvalue weighted by Gasteiger charge is -2.22. The monoisotopic (exact) mass is 440 g/mol. The molecule has 174 valence electrons. The van der Waals surface area contributed by atoms with Crippen LogP contribution in [0.4, 0.5) is 0 Å². The Morgan fingerprint density at radius 2 is 1.00 bits per heavy atom. The second-order valence-corrected chi connectivity index (χ2v) is 7.89. The van der Waals surface area contributed by atoms with Gasteiger partial charge in [-0.05, 0) is 75.5 Å². The summed E-state index contributed by atoms with van der Waals surface area (Å²) in [6.45, 7) is 5.25. The molecule has 2 aromatic carbocycles. The Labute approximate surface area is 191 Å². The molecule has 0 saturated heterocycles. The largest absolute Gasteiger partial charge is 0.494 e. The topological polar surface area (TPSA) is 125 Å². The smallest absolute Gasteiger partial charge is 0.122 e. The number of hydrogen-bond donors (Lipinski definition) is 4. The molecule has 0 aliphatic rings. The first kappa shape index (κ1) is 25.2. The molecule has 0 bridgehead atoms. The molecule has 0 atom stereocenters. The molecule has 8 heteroatoms. The van der Waals surface area contributed by atoms with Gasteiger partial charge in [-0.25, -0.2) is 0 Å². The van der Waals surface area contributed by atoms with E-state index >= 15 is 0 Å². The molecular weight excluding hydrogens is 404 g/mol. The number of nitrogens with two attached hydrogens (primary N) is 2. The van der Waals surface area contributed by atoms with Crippen molar-refractivity contribution in [2.75, 3.05) is 53.5 Å². The van der Waals surface area contributed by atoms with Gasteiger partial charge >= 0.3 is 0 Å². The first-order chi connectivity index (χ1) is 15.3. The Hall–Kier alpha value is -3.10. The van der Waals surface area contributed by atoms with E-state index < -0.39 is 0 Å². The van der Waals surface area contributed by atoms with Crippen LogP contribution in [0.15, 0.2) is 48.5 Å². The van der Waals surface area contributed by atoms with Crippen molar-refractivity contribution in [1.29, 1.82) is 10.8 Å². The molecule has 2 aromatic rings. The molecule has 2 rings (SSSR count). The summed E-state index contributed by atoms with van der Waals surface area (Å²) in [6.07, 6.45) is 1.90. The van der Waals surface area contributed by atoms with E-state index in [1.807, 2.05) is 24.3 Å². The van der Waals surface area contributed by atoms with Crippen molar-refractivity contribution in [3.63, 3.8) is 0 Å². The summed E-state index contributed by atoms with van der Waals surface area (Å²) in [5, 5.41) is 14.8. The highest BCUT2D eigenvalue weighted by atomic mass is 16.5. The Morgan fingerprint density at radius 3 is 1.31 bits per heavy atom. The van der Waals surface area contributed by atoms with Crippen LogP contribution in [0.3, 0.4) is 0 Å². The molecule has 0 aromatic heterocycles. The Bertz CT molecular complexity index is 767. The number of amidine groups is 2. The van der Waals surface area contributed by atoms with E-state index in [0.29, 0.717) is 24.3 Å². The highest BCUT2D eigenvalue weighted by Crippen LogP contribution is 2.13. The molecule has 0 aliphatic carbocycles. The molecule has 0 fully saturated rings. The van der Waals surface area contributed by atoms with Crippen LogP contribution in [0.2, 0.25) is 0 Å². The van der Waals surface area contributed by atoms with E-state index in [9.17, 15) is 0 Å². The summed E-state index contributed by atoms with van der Waals surface area (Å²) in [6, 6.07) is 14.6. The SMILES string of the molecule is CN(CCCOc1ccc(C(=N)N)cc1)CCN(C)CCCOc1ccc(C(=N)N)cc1. The normalized spacial score (nSPS) is 11.0. The minimum Gasteiger partial charge on any atom is -0.494 e. The lowest BCUT2D eigenvalue weighted by atomic mass is 10.2. The van der Waals surface area contributed by atoms with Crippen LogP contribution in [0, 0.1) is 10.8 Å². The van der Waals surface area contributed by atoms with Gasteiger partial charge in [-0.15, -0.1) is 0 Å². The number of hydrogen-bond acceptors (Lipinski definition) is 6. The van der Waals surface area contributed by atoms with Gasteiger partial charge in [0, 0.05) is 37.3 Å². The molecule has 6 N–H and O–H groups in total. The second kappa shape index (κ2) is 13.3. The fourth-order valence-corrected chi connectivity index (χ4v) is 3.08. The van der Waals surface area contributed by atoms with Crippen LogP contribution in [-0.4, -0.2) is 75.0 Å². The number of nitrogens with zero attached hydrogens (tertiary/aromatic N) is 2. The van der Waals surface area contributed by atoms with Crippen molar-refractivity contribution in [1.82, 2.24) is 9.80 Å². The van der Waals surface area contributed by atoms with Gasteiger partial charge in [-0.2, -0.15) is 0 Å². The summed E-state index contributed by atoms with van der Waals surface area (Å²) in [5.74, 6) is 1.73. The van der Waals surface area contributed by atoms with Gasteiger partial charge in [-0.3, -0.25) is 10.8 Å². The van der Waals surface area contributed by atoms with Gasteiger partial charge in [0.25, 0.3) is 0 Å². The van der Waals surface area contributed by atoms with Crippen molar-refractivity contribution in [3.05, 3.63) is 59.7 Å². The molecule has 0 heterocycles. The van der Waals surface area contributed by atoms with E-state index in [2.05, 4.69) is 23.9 Å². The molecule has 32 heavy (non-hydrogen) atoms. The van der Waals surface area contributed by atoms with Crippen LogP contribution >= 0.6 is 0 Å². The summed E-state index contributed by atoms with van der Waals surface area (Å²) >= 11 is 0. The molecule has 8 nitrogen and oxygen atoms in total. The number of ether oxygens (including phenoxy) is 2. The Kier molecular flexibility index (Phi) is 10.5. The quantitative estimate of drug-likeness (QED) is 0.191. The lowest BCUT2D eigenvalue weighted by molar-refractivity contribution is 0.221. The summed E-state index contributed by atoms with van der Waals surface area (Å²) in [5.41, 5.74) is 12.3.